The lowest BCUT2D eigenvalue weighted by Crippen LogP contribution is -1.74. The molecule has 0 heterocycles. The second kappa shape index (κ2) is 5.63. The number of allylic oxidation sites excluding steroid dienone is 2. The van der Waals surface area contributed by atoms with E-state index in [-0.39, 0.29) is 4.70 Å². The fourth-order valence-corrected chi connectivity index (χ4v) is 0.0962. The van der Waals surface area contributed by atoms with Crippen LogP contribution in [0.1, 0.15) is 0 Å². The van der Waals surface area contributed by atoms with Crippen LogP contribution in [0.3, 0.4) is 0 Å². The highest BCUT2D eigenvalue weighted by molar-refractivity contribution is 6.14. The van der Waals surface area contributed by atoms with Crippen molar-refractivity contribution in [3.8, 4) is 0 Å². The predicted octanol–water partition coefficient (Wildman–Crippen LogP) is 0.665. The van der Waals surface area contributed by atoms with Crippen LogP contribution in [0, 0.1) is 0 Å². The van der Waals surface area contributed by atoms with Crippen molar-refractivity contribution in [1.82, 2.24) is 0 Å². The lowest BCUT2D eigenvalue weighted by molar-refractivity contribution is 1.11. The van der Waals surface area contributed by atoms with Gasteiger partial charge in [-0.05, 0) is 5.54 Å². The summed E-state index contributed by atoms with van der Waals surface area (Å²) in [5.74, 6) is 0. The van der Waals surface area contributed by atoms with Gasteiger partial charge in [0.2, 0.25) is 0 Å². The molecule has 0 aliphatic carbocycles. The zero-order valence-corrected chi connectivity index (χ0v) is 6.55. The Morgan fingerprint density at radius 1 is 1.29 bits per heavy atom. The summed E-state index contributed by atoms with van der Waals surface area (Å²) >= 11 is 0. The fourth-order valence-electron chi connectivity index (χ4n) is 0.0962. The third-order valence-electron chi connectivity index (χ3n) is 0.744. The van der Waals surface area contributed by atoms with Gasteiger partial charge in [0, 0.05) is 10.2 Å². The first-order valence-electron chi connectivity index (χ1n) is 2.06. The minimum Gasteiger partial charge on any atom is -0.269 e. The van der Waals surface area contributed by atoms with Crippen LogP contribution in [0.5, 0.6) is 0 Å². The van der Waals surface area contributed by atoms with Crippen molar-refractivity contribution in [3.05, 3.63) is 25.3 Å². The molecule has 7 heavy (non-hydrogen) atoms. The average Bonchev–Trinajstić information content (AvgIpc) is 1.65. The third-order valence-corrected chi connectivity index (χ3v) is 1.69. The number of hydrogen-bond acceptors (Lipinski definition) is 0. The Morgan fingerprint density at radius 3 is 1.57 bits per heavy atom. The van der Waals surface area contributed by atoms with Crippen LogP contribution in [-0.2, 0) is 0 Å². The second-order valence-corrected chi connectivity index (χ2v) is 2.66. The standard InChI is InChI=1S/C5H10Si.FH/c1-3-5(6)4-2;/h3-5H,1-2H2,6H3;1H. The van der Waals surface area contributed by atoms with Crippen LogP contribution >= 0.6 is 0 Å². The van der Waals surface area contributed by atoms with Gasteiger partial charge in [-0.3, -0.25) is 4.70 Å². The van der Waals surface area contributed by atoms with Crippen molar-refractivity contribution in [3.63, 3.8) is 0 Å². The van der Waals surface area contributed by atoms with E-state index in [1.165, 1.54) is 0 Å². The van der Waals surface area contributed by atoms with Gasteiger partial charge in [0.05, 0.1) is 0 Å². The van der Waals surface area contributed by atoms with E-state index in [9.17, 15) is 0 Å². The van der Waals surface area contributed by atoms with E-state index in [0.29, 0.717) is 5.54 Å². The molecule has 0 aromatic carbocycles. The summed E-state index contributed by atoms with van der Waals surface area (Å²) in [6.07, 6.45) is 3.83. The largest absolute Gasteiger partial charge is 0.269 e. The molecule has 0 saturated carbocycles. The monoisotopic (exact) mass is 118 g/mol. The molecule has 0 unspecified atom stereocenters. The molecule has 0 radical (unpaired) electrons. The van der Waals surface area contributed by atoms with Gasteiger partial charge < -0.3 is 0 Å². The van der Waals surface area contributed by atoms with Crippen molar-refractivity contribution in [2.24, 2.45) is 0 Å². The summed E-state index contributed by atoms with van der Waals surface area (Å²) in [6, 6.07) is 0. The molecule has 2 heteroatoms. The first-order valence-corrected chi connectivity index (χ1v) is 3.22. The van der Waals surface area contributed by atoms with E-state index in [4.69, 9.17) is 0 Å². The van der Waals surface area contributed by atoms with Crippen molar-refractivity contribution in [2.75, 3.05) is 0 Å². The summed E-state index contributed by atoms with van der Waals surface area (Å²) < 4.78 is 0. The van der Waals surface area contributed by atoms with Gasteiger partial charge in [-0.25, -0.2) is 0 Å². The van der Waals surface area contributed by atoms with Gasteiger partial charge in [0.15, 0.2) is 0 Å². The molecule has 0 aliphatic heterocycles. The van der Waals surface area contributed by atoms with Crippen LogP contribution in [0.2, 0.25) is 5.54 Å². The van der Waals surface area contributed by atoms with Crippen LogP contribution in [-0.4, -0.2) is 10.2 Å². The van der Waals surface area contributed by atoms with Crippen LogP contribution in [0.25, 0.3) is 0 Å². The maximum Gasteiger partial charge on any atom is 0.0162 e. The van der Waals surface area contributed by atoms with Gasteiger partial charge >= 0.3 is 0 Å². The van der Waals surface area contributed by atoms with Gasteiger partial charge in [-0.2, -0.15) is 0 Å². The lowest BCUT2D eigenvalue weighted by atomic mass is 10.4. The first kappa shape index (κ1) is 9.80. The SMILES string of the molecule is C=CC([SiH3])C=C.F. The van der Waals surface area contributed by atoms with Crippen LogP contribution in [0.15, 0.2) is 25.3 Å². The quantitative estimate of drug-likeness (QED) is 0.369. The molecule has 0 amide bonds. The van der Waals surface area contributed by atoms with Crippen molar-refractivity contribution in [2.45, 2.75) is 5.54 Å². The molecule has 0 N–H and O–H groups in total. The number of rotatable bonds is 2. The smallest absolute Gasteiger partial charge is 0.0162 e. The Balaban J connectivity index is 0. The minimum atomic E-state index is 0. The molecule has 0 fully saturated rings. The minimum absolute atomic E-state index is 0. The highest BCUT2D eigenvalue weighted by Crippen LogP contribution is 1.96. The molecular weight excluding hydrogens is 107 g/mol. The Bertz CT molecular complexity index is 53.1. The van der Waals surface area contributed by atoms with Crippen LogP contribution in [0.4, 0.5) is 4.70 Å². The maximum absolute atomic E-state index is 3.59. The van der Waals surface area contributed by atoms with E-state index in [1.54, 1.807) is 0 Å². The molecule has 0 rings (SSSR count). The molecule has 0 saturated heterocycles. The topological polar surface area (TPSA) is 0 Å². The molecule has 42 valence electrons. The van der Waals surface area contributed by atoms with Crippen molar-refractivity contribution >= 4 is 10.2 Å². The summed E-state index contributed by atoms with van der Waals surface area (Å²) in [6.45, 7) is 7.19. The van der Waals surface area contributed by atoms with Crippen molar-refractivity contribution < 1.29 is 4.70 Å². The first-order chi connectivity index (χ1) is 2.81. The van der Waals surface area contributed by atoms with E-state index >= 15 is 0 Å². The normalized spacial score (nSPS) is 7.57. The lowest BCUT2D eigenvalue weighted by Gasteiger charge is -1.88. The molecule has 0 bridgehead atoms. The summed E-state index contributed by atoms with van der Waals surface area (Å²) in [4.78, 5) is 0. The predicted molar refractivity (Wildman–Crippen MR) is 36.6 cm³/mol. The summed E-state index contributed by atoms with van der Waals surface area (Å²) in [5, 5.41) is 0. The highest BCUT2D eigenvalue weighted by atomic mass is 28.1. The third kappa shape index (κ3) is 5.63. The molecule has 0 nitrogen and oxygen atoms in total. The number of hydrogen-bond donors (Lipinski definition) is 0. The van der Waals surface area contributed by atoms with Gasteiger partial charge in [-0.1, -0.05) is 12.2 Å². The zero-order valence-electron chi connectivity index (χ0n) is 4.55. The second-order valence-electron chi connectivity index (χ2n) is 1.33. The Kier molecular flexibility index (Phi) is 7.88. The molecule has 0 aromatic rings. The Morgan fingerprint density at radius 2 is 1.57 bits per heavy atom. The zero-order chi connectivity index (χ0) is 4.99. The number of halogens is 1. The average molecular weight is 118 g/mol. The fraction of sp³-hybridized carbons (Fsp3) is 0.200. The maximum atomic E-state index is 3.59. The summed E-state index contributed by atoms with van der Waals surface area (Å²) in [5.41, 5.74) is 0.602. The molecular formula is C5H11FSi. The van der Waals surface area contributed by atoms with E-state index in [0.717, 1.165) is 10.2 Å². The van der Waals surface area contributed by atoms with E-state index < -0.39 is 0 Å². The highest BCUT2D eigenvalue weighted by Gasteiger charge is 1.79. The van der Waals surface area contributed by atoms with E-state index in [2.05, 4.69) is 13.2 Å². The van der Waals surface area contributed by atoms with E-state index in [1.807, 2.05) is 12.2 Å². The van der Waals surface area contributed by atoms with Crippen LogP contribution < -0.4 is 0 Å². The summed E-state index contributed by atoms with van der Waals surface area (Å²) in [7, 11) is 1.15. The Hall–Kier alpha value is -0.373. The van der Waals surface area contributed by atoms with Crippen molar-refractivity contribution in [1.29, 1.82) is 0 Å². The van der Waals surface area contributed by atoms with Gasteiger partial charge in [-0.15, -0.1) is 13.2 Å². The van der Waals surface area contributed by atoms with Gasteiger partial charge in [0.1, 0.15) is 0 Å². The molecule has 0 aromatic heterocycles. The molecule has 0 aliphatic rings. The Labute approximate surface area is 46.7 Å². The van der Waals surface area contributed by atoms with Gasteiger partial charge in [0.25, 0.3) is 0 Å². The molecule has 0 atom stereocenters. The molecule has 0 spiro atoms.